The number of carbonyl (C=O) groups excluding carboxylic acids is 2. The van der Waals surface area contributed by atoms with Gasteiger partial charge in [-0.15, -0.1) is 11.3 Å². The maximum absolute atomic E-state index is 12.1. The third-order valence-corrected chi connectivity index (χ3v) is 5.56. The quantitative estimate of drug-likeness (QED) is 0.753. The Labute approximate surface area is 162 Å². The molecule has 3 rings (SSSR count). The maximum atomic E-state index is 12.1. The number of halogens is 1. The summed E-state index contributed by atoms with van der Waals surface area (Å²) >= 11 is 7.22. The monoisotopic (exact) mass is 391 g/mol. The second-order valence-electron chi connectivity index (χ2n) is 6.52. The first-order chi connectivity index (χ1) is 12.6. The zero-order valence-corrected chi connectivity index (χ0v) is 16.0. The predicted octanol–water partition coefficient (Wildman–Crippen LogP) is 3.83. The fourth-order valence-electron chi connectivity index (χ4n) is 3.07. The fraction of sp³-hybridized carbons (Fsp3) is 0.421. The van der Waals surface area contributed by atoms with Crippen LogP contribution in [0.4, 0.5) is 5.13 Å². The van der Waals surface area contributed by atoms with E-state index < -0.39 is 0 Å². The van der Waals surface area contributed by atoms with Crippen LogP contribution in [0, 0.1) is 5.92 Å². The van der Waals surface area contributed by atoms with E-state index in [1.807, 2.05) is 29.6 Å². The summed E-state index contributed by atoms with van der Waals surface area (Å²) in [5.74, 6) is 0.0901. The standard InChI is InChI=1S/C19H22ClN3O2S/c20-15-7-5-13(6-8-15)9-10-21-17(24)11-16-12-26-19(22-16)23-18(25)14-3-1-2-4-14/h5-8,12,14H,1-4,9-11H2,(H,21,24)(H,22,23,25). The number of hydrogen-bond acceptors (Lipinski definition) is 4. The van der Waals surface area contributed by atoms with Crippen molar-refractivity contribution in [3.05, 3.63) is 45.9 Å². The average molecular weight is 392 g/mol. The number of amides is 2. The molecule has 26 heavy (non-hydrogen) atoms. The smallest absolute Gasteiger partial charge is 0.229 e. The van der Waals surface area contributed by atoms with Gasteiger partial charge in [-0.05, 0) is 37.0 Å². The minimum atomic E-state index is -0.0714. The van der Waals surface area contributed by atoms with E-state index in [0.717, 1.165) is 37.7 Å². The van der Waals surface area contributed by atoms with Crippen molar-refractivity contribution >= 4 is 39.9 Å². The van der Waals surface area contributed by atoms with Gasteiger partial charge in [0.15, 0.2) is 5.13 Å². The number of carbonyl (C=O) groups is 2. The lowest BCUT2D eigenvalue weighted by Gasteiger charge is -2.07. The van der Waals surface area contributed by atoms with Gasteiger partial charge in [0.2, 0.25) is 11.8 Å². The third kappa shape index (κ3) is 5.54. The minimum absolute atomic E-state index is 0.0517. The number of anilines is 1. The Kier molecular flexibility index (Phi) is 6.63. The number of nitrogens with one attached hydrogen (secondary N) is 2. The average Bonchev–Trinajstić information content (AvgIpc) is 3.29. The molecular formula is C19H22ClN3O2S. The first-order valence-electron chi connectivity index (χ1n) is 8.86. The molecule has 1 aromatic heterocycles. The molecule has 138 valence electrons. The molecule has 0 atom stereocenters. The van der Waals surface area contributed by atoms with Crippen molar-refractivity contribution in [3.8, 4) is 0 Å². The van der Waals surface area contributed by atoms with Gasteiger partial charge in [0.25, 0.3) is 0 Å². The van der Waals surface area contributed by atoms with Crippen molar-refractivity contribution in [1.82, 2.24) is 10.3 Å². The Balaban J connectivity index is 1.40. The van der Waals surface area contributed by atoms with E-state index in [9.17, 15) is 9.59 Å². The van der Waals surface area contributed by atoms with Crippen molar-refractivity contribution in [1.29, 1.82) is 0 Å². The lowest BCUT2D eigenvalue weighted by atomic mass is 10.1. The molecule has 1 aliphatic carbocycles. The van der Waals surface area contributed by atoms with Crippen LogP contribution >= 0.6 is 22.9 Å². The van der Waals surface area contributed by atoms with Crippen LogP contribution in [0.1, 0.15) is 36.9 Å². The van der Waals surface area contributed by atoms with Crippen molar-refractivity contribution in [2.45, 2.75) is 38.5 Å². The van der Waals surface area contributed by atoms with Crippen LogP contribution in [0.25, 0.3) is 0 Å². The molecule has 0 radical (unpaired) electrons. The minimum Gasteiger partial charge on any atom is -0.355 e. The van der Waals surface area contributed by atoms with Gasteiger partial charge >= 0.3 is 0 Å². The zero-order chi connectivity index (χ0) is 18.4. The molecule has 0 spiro atoms. The molecule has 0 saturated heterocycles. The van der Waals surface area contributed by atoms with Crippen LogP contribution < -0.4 is 10.6 Å². The van der Waals surface area contributed by atoms with Gasteiger partial charge in [0.05, 0.1) is 12.1 Å². The second-order valence-corrected chi connectivity index (χ2v) is 7.81. The fourth-order valence-corrected chi connectivity index (χ4v) is 3.90. The summed E-state index contributed by atoms with van der Waals surface area (Å²) in [5, 5.41) is 8.87. The highest BCUT2D eigenvalue weighted by Crippen LogP contribution is 2.26. The van der Waals surface area contributed by atoms with Crippen molar-refractivity contribution in [2.75, 3.05) is 11.9 Å². The highest BCUT2D eigenvalue weighted by atomic mass is 35.5. The van der Waals surface area contributed by atoms with Crippen LogP contribution in [0.15, 0.2) is 29.6 Å². The molecule has 5 nitrogen and oxygen atoms in total. The Bertz CT molecular complexity index is 754. The van der Waals surface area contributed by atoms with Crippen LogP contribution in [0.3, 0.4) is 0 Å². The van der Waals surface area contributed by atoms with E-state index in [1.54, 1.807) is 0 Å². The normalized spacial score (nSPS) is 14.3. The summed E-state index contributed by atoms with van der Waals surface area (Å²) in [6, 6.07) is 7.59. The van der Waals surface area contributed by atoms with Crippen LogP contribution in [-0.4, -0.2) is 23.3 Å². The van der Waals surface area contributed by atoms with Gasteiger partial charge in [-0.2, -0.15) is 0 Å². The number of hydrogen-bond donors (Lipinski definition) is 2. The van der Waals surface area contributed by atoms with E-state index >= 15 is 0 Å². The molecule has 1 heterocycles. The Morgan fingerprint density at radius 2 is 1.92 bits per heavy atom. The highest BCUT2D eigenvalue weighted by molar-refractivity contribution is 7.13. The molecule has 0 bridgehead atoms. The SMILES string of the molecule is O=C(Cc1csc(NC(=O)C2CCCC2)n1)NCCc1ccc(Cl)cc1. The molecule has 2 amide bonds. The number of nitrogens with zero attached hydrogens (tertiary/aromatic N) is 1. The number of rotatable bonds is 7. The first kappa shape index (κ1) is 18.9. The zero-order valence-electron chi connectivity index (χ0n) is 14.5. The highest BCUT2D eigenvalue weighted by Gasteiger charge is 2.23. The first-order valence-corrected chi connectivity index (χ1v) is 10.1. The summed E-state index contributed by atoms with van der Waals surface area (Å²) in [7, 11) is 0. The molecule has 1 aliphatic rings. The van der Waals surface area contributed by atoms with Crippen molar-refractivity contribution in [3.63, 3.8) is 0 Å². The van der Waals surface area contributed by atoms with E-state index in [1.165, 1.54) is 11.3 Å². The summed E-state index contributed by atoms with van der Waals surface area (Å²) in [6.45, 7) is 0.565. The Morgan fingerprint density at radius 3 is 2.65 bits per heavy atom. The van der Waals surface area contributed by atoms with E-state index in [2.05, 4.69) is 15.6 Å². The summed E-state index contributed by atoms with van der Waals surface area (Å²) in [5.41, 5.74) is 1.81. The summed E-state index contributed by atoms with van der Waals surface area (Å²) in [6.07, 6.45) is 5.13. The summed E-state index contributed by atoms with van der Waals surface area (Å²) < 4.78 is 0. The van der Waals surface area contributed by atoms with Gasteiger partial charge in [0.1, 0.15) is 0 Å². The van der Waals surface area contributed by atoms with Gasteiger partial charge in [-0.1, -0.05) is 36.6 Å². The Morgan fingerprint density at radius 1 is 1.19 bits per heavy atom. The van der Waals surface area contributed by atoms with E-state index in [-0.39, 0.29) is 24.2 Å². The molecule has 2 N–H and O–H groups in total. The largest absolute Gasteiger partial charge is 0.355 e. The van der Waals surface area contributed by atoms with Crippen LogP contribution in [-0.2, 0) is 22.4 Å². The van der Waals surface area contributed by atoms with Gasteiger partial charge in [-0.3, -0.25) is 9.59 Å². The van der Waals surface area contributed by atoms with Gasteiger partial charge in [-0.25, -0.2) is 4.98 Å². The molecule has 0 unspecified atom stereocenters. The van der Waals surface area contributed by atoms with Crippen molar-refractivity contribution in [2.24, 2.45) is 5.92 Å². The number of benzene rings is 1. The topological polar surface area (TPSA) is 71.1 Å². The lowest BCUT2D eigenvalue weighted by molar-refractivity contribution is -0.120. The molecule has 2 aromatic rings. The molecular weight excluding hydrogens is 370 g/mol. The molecule has 1 aromatic carbocycles. The number of aromatic nitrogens is 1. The Hall–Kier alpha value is -1.92. The molecule has 1 saturated carbocycles. The van der Waals surface area contributed by atoms with Crippen LogP contribution in [0.5, 0.6) is 0 Å². The van der Waals surface area contributed by atoms with Crippen molar-refractivity contribution < 1.29 is 9.59 Å². The van der Waals surface area contributed by atoms with Crippen LogP contribution in [0.2, 0.25) is 5.02 Å². The van der Waals surface area contributed by atoms with Gasteiger partial charge in [0, 0.05) is 22.9 Å². The maximum Gasteiger partial charge on any atom is 0.229 e. The molecule has 7 heteroatoms. The lowest BCUT2D eigenvalue weighted by Crippen LogP contribution is -2.27. The van der Waals surface area contributed by atoms with E-state index in [4.69, 9.17) is 11.6 Å². The predicted molar refractivity (Wildman–Crippen MR) is 105 cm³/mol. The molecule has 1 fully saturated rings. The third-order valence-electron chi connectivity index (χ3n) is 4.50. The summed E-state index contributed by atoms with van der Waals surface area (Å²) in [4.78, 5) is 28.5. The van der Waals surface area contributed by atoms with Gasteiger partial charge < -0.3 is 10.6 Å². The second kappa shape index (κ2) is 9.14. The van der Waals surface area contributed by atoms with E-state index in [0.29, 0.717) is 22.4 Å². The number of thiazole rings is 1. The molecule has 0 aliphatic heterocycles.